The van der Waals surface area contributed by atoms with Crippen molar-refractivity contribution in [3.63, 3.8) is 0 Å². The first kappa shape index (κ1) is 11.7. The minimum Gasteiger partial charge on any atom is -0.478 e. The van der Waals surface area contributed by atoms with Gasteiger partial charge in [0.2, 0.25) is 5.88 Å². The average molecular weight is 248 g/mol. The highest BCUT2D eigenvalue weighted by atomic mass is 16.5. The maximum atomic E-state index is 5.45. The lowest BCUT2D eigenvalue weighted by Crippen LogP contribution is -2.33. The number of fused-ring (bicyclic) bond motifs is 1. The predicted molar refractivity (Wildman–Crippen MR) is 69.9 cm³/mol. The number of nitrogens with one attached hydrogen (secondary N) is 1. The summed E-state index contributed by atoms with van der Waals surface area (Å²) in [5, 5.41) is 3.47. The van der Waals surface area contributed by atoms with Crippen LogP contribution in [0.25, 0.3) is 0 Å². The molecule has 3 rings (SSSR count). The van der Waals surface area contributed by atoms with Gasteiger partial charge in [-0.3, -0.25) is 0 Å². The molecule has 98 valence electrons. The van der Waals surface area contributed by atoms with E-state index in [2.05, 4.69) is 27.1 Å². The van der Waals surface area contributed by atoms with Gasteiger partial charge in [0.05, 0.1) is 6.61 Å². The van der Waals surface area contributed by atoms with Gasteiger partial charge >= 0.3 is 0 Å². The van der Waals surface area contributed by atoms with Crippen LogP contribution in [-0.4, -0.2) is 42.3 Å². The van der Waals surface area contributed by atoms with E-state index < -0.39 is 0 Å². The smallest absolute Gasteiger partial charge is 0.218 e. The van der Waals surface area contributed by atoms with Crippen molar-refractivity contribution in [3.05, 3.63) is 12.4 Å². The molecular weight excluding hydrogens is 228 g/mol. The third-order valence-electron chi connectivity index (χ3n) is 4.15. The van der Waals surface area contributed by atoms with Crippen molar-refractivity contribution in [1.82, 2.24) is 15.3 Å². The second-order valence-electron chi connectivity index (χ2n) is 5.12. The molecule has 5 heteroatoms. The summed E-state index contributed by atoms with van der Waals surface area (Å²) < 4.78 is 5.45. The lowest BCUT2D eigenvalue weighted by Gasteiger charge is -2.25. The Morgan fingerprint density at radius 3 is 3.11 bits per heavy atom. The molecule has 0 bridgehead atoms. The molecule has 1 aromatic rings. The van der Waals surface area contributed by atoms with Crippen molar-refractivity contribution in [2.45, 2.75) is 19.9 Å². The summed E-state index contributed by atoms with van der Waals surface area (Å²) in [6.45, 7) is 8.25. The standard InChI is InChI=1S/C13H20N4O/c1-3-18-13-4-12(15-8-16-13)17-7-10-5-14-6-11(10)9(17)2/h4,8-11,14H,3,5-7H2,1-2H3. The maximum absolute atomic E-state index is 5.45. The minimum atomic E-state index is 0.536. The number of nitrogens with zero attached hydrogens (tertiary/aromatic N) is 3. The highest BCUT2D eigenvalue weighted by molar-refractivity contribution is 5.44. The molecule has 0 aromatic carbocycles. The molecule has 3 heterocycles. The van der Waals surface area contributed by atoms with E-state index in [0.29, 0.717) is 18.5 Å². The summed E-state index contributed by atoms with van der Waals surface area (Å²) in [7, 11) is 0. The van der Waals surface area contributed by atoms with Crippen molar-refractivity contribution >= 4 is 5.82 Å². The van der Waals surface area contributed by atoms with E-state index in [1.807, 2.05) is 13.0 Å². The Bertz CT molecular complexity index is 425. The van der Waals surface area contributed by atoms with Crippen molar-refractivity contribution in [2.75, 3.05) is 31.1 Å². The largest absolute Gasteiger partial charge is 0.478 e. The molecular formula is C13H20N4O. The Morgan fingerprint density at radius 2 is 2.33 bits per heavy atom. The molecule has 18 heavy (non-hydrogen) atoms. The molecule has 1 N–H and O–H groups in total. The lowest BCUT2D eigenvalue weighted by atomic mass is 9.95. The normalized spacial score (nSPS) is 30.6. The fraction of sp³-hybridized carbons (Fsp3) is 0.692. The maximum Gasteiger partial charge on any atom is 0.218 e. The lowest BCUT2D eigenvalue weighted by molar-refractivity contribution is 0.326. The van der Waals surface area contributed by atoms with Gasteiger partial charge in [-0.2, -0.15) is 0 Å². The van der Waals surface area contributed by atoms with E-state index in [4.69, 9.17) is 4.74 Å². The summed E-state index contributed by atoms with van der Waals surface area (Å²) in [6, 6.07) is 2.49. The summed E-state index contributed by atoms with van der Waals surface area (Å²) in [6.07, 6.45) is 1.60. The van der Waals surface area contributed by atoms with E-state index >= 15 is 0 Å². The van der Waals surface area contributed by atoms with Gasteiger partial charge < -0.3 is 15.0 Å². The van der Waals surface area contributed by atoms with Crippen LogP contribution in [0, 0.1) is 11.8 Å². The van der Waals surface area contributed by atoms with Gasteiger partial charge in [-0.15, -0.1) is 0 Å². The van der Waals surface area contributed by atoms with Crippen LogP contribution in [-0.2, 0) is 0 Å². The topological polar surface area (TPSA) is 50.3 Å². The SMILES string of the molecule is CCOc1cc(N2CC3CNCC3C2C)ncn1. The number of hydrogen-bond donors (Lipinski definition) is 1. The molecule has 2 saturated heterocycles. The van der Waals surface area contributed by atoms with Crippen LogP contribution in [0.4, 0.5) is 5.82 Å². The first-order chi connectivity index (χ1) is 8.79. The van der Waals surface area contributed by atoms with Gasteiger partial charge in [0, 0.05) is 31.7 Å². The summed E-state index contributed by atoms with van der Waals surface area (Å²) in [4.78, 5) is 10.9. The van der Waals surface area contributed by atoms with Crippen LogP contribution in [0.2, 0.25) is 0 Å². The molecule has 0 aliphatic carbocycles. The molecule has 5 nitrogen and oxygen atoms in total. The van der Waals surface area contributed by atoms with Crippen molar-refractivity contribution in [3.8, 4) is 5.88 Å². The van der Waals surface area contributed by atoms with Gasteiger partial charge in [0.15, 0.2) is 0 Å². The zero-order valence-corrected chi connectivity index (χ0v) is 11.0. The van der Waals surface area contributed by atoms with E-state index in [0.717, 1.165) is 37.3 Å². The van der Waals surface area contributed by atoms with Gasteiger partial charge in [-0.25, -0.2) is 9.97 Å². The van der Waals surface area contributed by atoms with Gasteiger partial charge in [-0.1, -0.05) is 0 Å². The quantitative estimate of drug-likeness (QED) is 0.862. The van der Waals surface area contributed by atoms with E-state index in [-0.39, 0.29) is 0 Å². The van der Waals surface area contributed by atoms with E-state index in [9.17, 15) is 0 Å². The van der Waals surface area contributed by atoms with Crippen LogP contribution in [0.15, 0.2) is 12.4 Å². The Morgan fingerprint density at radius 1 is 1.44 bits per heavy atom. The molecule has 0 radical (unpaired) electrons. The summed E-state index contributed by atoms with van der Waals surface area (Å²) in [5.74, 6) is 3.17. The molecule has 0 saturated carbocycles. The molecule has 2 aliphatic heterocycles. The van der Waals surface area contributed by atoms with Gasteiger partial charge in [0.25, 0.3) is 0 Å². The Labute approximate surface area is 108 Å². The number of anilines is 1. The first-order valence-electron chi connectivity index (χ1n) is 6.71. The average Bonchev–Trinajstić information content (AvgIpc) is 2.94. The van der Waals surface area contributed by atoms with Crippen molar-refractivity contribution in [2.24, 2.45) is 11.8 Å². The second-order valence-corrected chi connectivity index (χ2v) is 5.12. The Hall–Kier alpha value is -1.36. The molecule has 1 aromatic heterocycles. The monoisotopic (exact) mass is 248 g/mol. The van der Waals surface area contributed by atoms with E-state index in [1.54, 1.807) is 6.33 Å². The Kier molecular flexibility index (Phi) is 3.07. The highest BCUT2D eigenvalue weighted by Gasteiger charge is 2.42. The molecule has 2 fully saturated rings. The predicted octanol–water partition coefficient (Wildman–Crippen LogP) is 0.919. The summed E-state index contributed by atoms with van der Waals surface area (Å²) >= 11 is 0. The number of hydrogen-bond acceptors (Lipinski definition) is 5. The molecule has 3 atom stereocenters. The molecule has 3 unspecified atom stereocenters. The molecule has 0 amide bonds. The number of rotatable bonds is 3. The zero-order valence-electron chi connectivity index (χ0n) is 11.0. The number of ether oxygens (including phenoxy) is 1. The second kappa shape index (κ2) is 4.72. The fourth-order valence-electron chi connectivity index (χ4n) is 3.18. The first-order valence-corrected chi connectivity index (χ1v) is 6.71. The fourth-order valence-corrected chi connectivity index (χ4v) is 3.18. The van der Waals surface area contributed by atoms with Gasteiger partial charge in [0.1, 0.15) is 12.1 Å². The zero-order chi connectivity index (χ0) is 12.5. The van der Waals surface area contributed by atoms with Crippen molar-refractivity contribution < 1.29 is 4.74 Å². The van der Waals surface area contributed by atoms with Crippen LogP contribution >= 0.6 is 0 Å². The third kappa shape index (κ3) is 1.92. The highest BCUT2D eigenvalue weighted by Crippen LogP contribution is 2.35. The van der Waals surface area contributed by atoms with Crippen LogP contribution in [0.5, 0.6) is 5.88 Å². The van der Waals surface area contributed by atoms with Gasteiger partial charge in [-0.05, 0) is 25.7 Å². The van der Waals surface area contributed by atoms with Crippen LogP contribution < -0.4 is 15.0 Å². The van der Waals surface area contributed by atoms with Crippen LogP contribution in [0.3, 0.4) is 0 Å². The van der Waals surface area contributed by atoms with Crippen LogP contribution in [0.1, 0.15) is 13.8 Å². The Balaban J connectivity index is 1.80. The van der Waals surface area contributed by atoms with E-state index in [1.165, 1.54) is 0 Å². The number of aromatic nitrogens is 2. The summed E-state index contributed by atoms with van der Waals surface area (Å²) in [5.41, 5.74) is 0. The third-order valence-corrected chi connectivity index (χ3v) is 4.15. The minimum absolute atomic E-state index is 0.536. The molecule has 0 spiro atoms. The molecule has 2 aliphatic rings. The van der Waals surface area contributed by atoms with Crippen molar-refractivity contribution in [1.29, 1.82) is 0 Å².